The molecule has 0 spiro atoms. The van der Waals surface area contributed by atoms with Gasteiger partial charge in [-0.05, 0) is 30.5 Å². The van der Waals surface area contributed by atoms with Crippen molar-refractivity contribution in [1.82, 2.24) is 10.4 Å². The normalized spacial score (nSPS) is 18.6. The molecule has 0 radical (unpaired) electrons. The van der Waals surface area contributed by atoms with Gasteiger partial charge in [0.25, 0.3) is 0 Å². The van der Waals surface area contributed by atoms with E-state index in [9.17, 15) is 0 Å². The number of hydrogen-bond donors (Lipinski definition) is 2. The number of nitrogens with zero attached hydrogens (tertiary/aromatic N) is 1. The highest BCUT2D eigenvalue weighted by Crippen LogP contribution is 2.18. The highest BCUT2D eigenvalue weighted by atomic mass is 16.5. The summed E-state index contributed by atoms with van der Waals surface area (Å²) >= 11 is 0. The van der Waals surface area contributed by atoms with Crippen LogP contribution in [0.3, 0.4) is 0 Å². The van der Waals surface area contributed by atoms with Gasteiger partial charge in [0.15, 0.2) is 0 Å². The van der Waals surface area contributed by atoms with E-state index in [0.717, 1.165) is 18.8 Å². The summed E-state index contributed by atoms with van der Waals surface area (Å²) < 4.78 is 5.17. The molecular formula is C14H23N3O. The summed E-state index contributed by atoms with van der Waals surface area (Å²) in [4.78, 5) is 0. The summed E-state index contributed by atoms with van der Waals surface area (Å²) in [5.41, 5.74) is 10.6. The molecule has 1 fully saturated rings. The van der Waals surface area contributed by atoms with Crippen LogP contribution in [-0.4, -0.2) is 31.8 Å². The van der Waals surface area contributed by atoms with Crippen LogP contribution >= 0.6 is 0 Å². The largest absolute Gasteiger partial charge is 0.497 e. The lowest BCUT2D eigenvalue weighted by molar-refractivity contribution is 0.130. The van der Waals surface area contributed by atoms with Crippen LogP contribution < -0.4 is 15.9 Å². The summed E-state index contributed by atoms with van der Waals surface area (Å²) in [6, 6.07) is 8.31. The molecule has 1 atom stereocenters. The Morgan fingerprint density at radius 1 is 1.22 bits per heavy atom. The molecule has 18 heavy (non-hydrogen) atoms. The van der Waals surface area contributed by atoms with Gasteiger partial charge in [0.2, 0.25) is 0 Å². The minimum absolute atomic E-state index is 0.189. The molecule has 1 aliphatic rings. The Kier molecular flexibility index (Phi) is 4.99. The fraction of sp³-hybridized carbons (Fsp3) is 0.571. The van der Waals surface area contributed by atoms with Crippen LogP contribution in [0.5, 0.6) is 5.75 Å². The minimum atomic E-state index is 0.189. The summed E-state index contributed by atoms with van der Waals surface area (Å²) in [6.07, 6.45) is 3.88. The van der Waals surface area contributed by atoms with Gasteiger partial charge < -0.3 is 10.5 Å². The predicted octanol–water partition coefficient (Wildman–Crippen LogP) is 1.69. The zero-order valence-corrected chi connectivity index (χ0v) is 11.1. The number of piperidine rings is 1. The smallest absolute Gasteiger partial charge is 0.118 e. The molecule has 0 aromatic heterocycles. The molecule has 1 aromatic rings. The maximum atomic E-state index is 5.87. The average Bonchev–Trinajstić information content (AvgIpc) is 2.46. The molecule has 1 heterocycles. The van der Waals surface area contributed by atoms with Gasteiger partial charge in [0.05, 0.1) is 13.2 Å². The lowest BCUT2D eigenvalue weighted by Gasteiger charge is -2.31. The second-order valence-corrected chi connectivity index (χ2v) is 4.74. The molecule has 1 aromatic carbocycles. The Morgan fingerprint density at radius 2 is 1.89 bits per heavy atom. The number of rotatable bonds is 5. The van der Waals surface area contributed by atoms with Crippen molar-refractivity contribution >= 4 is 0 Å². The van der Waals surface area contributed by atoms with Gasteiger partial charge in [-0.15, -0.1) is 0 Å². The third kappa shape index (κ3) is 3.45. The number of ether oxygens (including phenoxy) is 1. The van der Waals surface area contributed by atoms with E-state index < -0.39 is 0 Å². The Labute approximate surface area is 109 Å². The highest BCUT2D eigenvalue weighted by Gasteiger charge is 2.15. The summed E-state index contributed by atoms with van der Waals surface area (Å²) in [6.45, 7) is 2.84. The Bertz CT molecular complexity index is 347. The van der Waals surface area contributed by atoms with Gasteiger partial charge in [-0.1, -0.05) is 18.6 Å². The van der Waals surface area contributed by atoms with E-state index in [1.54, 1.807) is 7.11 Å². The third-order valence-corrected chi connectivity index (χ3v) is 3.45. The van der Waals surface area contributed by atoms with Crippen molar-refractivity contribution in [3.05, 3.63) is 29.8 Å². The standard InChI is InChI=1S/C14H23N3O/c1-18-13-7-5-12(6-8-13)14(11-15)16-17-9-3-2-4-10-17/h5-8,14,16H,2-4,9-11,15H2,1H3. The first kappa shape index (κ1) is 13.3. The second kappa shape index (κ2) is 6.73. The molecule has 1 saturated heterocycles. The minimum Gasteiger partial charge on any atom is -0.497 e. The molecule has 100 valence electrons. The zero-order chi connectivity index (χ0) is 12.8. The maximum Gasteiger partial charge on any atom is 0.118 e. The van der Waals surface area contributed by atoms with Gasteiger partial charge >= 0.3 is 0 Å². The second-order valence-electron chi connectivity index (χ2n) is 4.74. The van der Waals surface area contributed by atoms with Crippen molar-refractivity contribution in [3.8, 4) is 5.75 Å². The monoisotopic (exact) mass is 249 g/mol. The Morgan fingerprint density at radius 3 is 2.44 bits per heavy atom. The first-order valence-electron chi connectivity index (χ1n) is 6.68. The van der Waals surface area contributed by atoms with Gasteiger partial charge in [-0.2, -0.15) is 0 Å². The van der Waals surface area contributed by atoms with Gasteiger partial charge in [-0.25, -0.2) is 10.4 Å². The number of hydrogen-bond acceptors (Lipinski definition) is 4. The lowest BCUT2D eigenvalue weighted by atomic mass is 10.1. The summed E-state index contributed by atoms with van der Waals surface area (Å²) in [5.74, 6) is 0.882. The van der Waals surface area contributed by atoms with Gasteiger partial charge in [-0.3, -0.25) is 0 Å². The van der Waals surface area contributed by atoms with Crippen molar-refractivity contribution in [2.24, 2.45) is 5.73 Å². The van der Waals surface area contributed by atoms with Crippen molar-refractivity contribution in [2.75, 3.05) is 26.7 Å². The highest BCUT2D eigenvalue weighted by molar-refractivity contribution is 5.29. The summed E-state index contributed by atoms with van der Waals surface area (Å²) in [7, 11) is 1.68. The predicted molar refractivity (Wildman–Crippen MR) is 73.3 cm³/mol. The van der Waals surface area contributed by atoms with Crippen LogP contribution in [-0.2, 0) is 0 Å². The molecular weight excluding hydrogens is 226 g/mol. The van der Waals surface area contributed by atoms with Crippen LogP contribution in [0.25, 0.3) is 0 Å². The van der Waals surface area contributed by atoms with Crippen molar-refractivity contribution < 1.29 is 4.74 Å². The van der Waals surface area contributed by atoms with E-state index in [-0.39, 0.29) is 6.04 Å². The van der Waals surface area contributed by atoms with E-state index in [4.69, 9.17) is 10.5 Å². The van der Waals surface area contributed by atoms with Crippen molar-refractivity contribution in [3.63, 3.8) is 0 Å². The Hall–Kier alpha value is -1.10. The molecule has 1 unspecified atom stereocenters. The van der Waals surface area contributed by atoms with E-state index in [2.05, 4.69) is 22.6 Å². The maximum absolute atomic E-state index is 5.87. The van der Waals surface area contributed by atoms with Crippen LogP contribution in [0.15, 0.2) is 24.3 Å². The van der Waals surface area contributed by atoms with E-state index in [1.165, 1.54) is 24.8 Å². The van der Waals surface area contributed by atoms with Gasteiger partial charge in [0, 0.05) is 19.6 Å². The number of hydrazine groups is 1. The fourth-order valence-corrected chi connectivity index (χ4v) is 2.34. The van der Waals surface area contributed by atoms with Crippen LogP contribution in [0.2, 0.25) is 0 Å². The van der Waals surface area contributed by atoms with E-state index in [0.29, 0.717) is 6.54 Å². The molecule has 3 N–H and O–H groups in total. The average molecular weight is 249 g/mol. The molecule has 0 saturated carbocycles. The lowest BCUT2D eigenvalue weighted by Crippen LogP contribution is -2.45. The molecule has 0 amide bonds. The molecule has 4 nitrogen and oxygen atoms in total. The van der Waals surface area contributed by atoms with Gasteiger partial charge in [0.1, 0.15) is 5.75 Å². The van der Waals surface area contributed by atoms with Crippen LogP contribution in [0, 0.1) is 0 Å². The number of nitrogens with two attached hydrogens (primary N) is 1. The SMILES string of the molecule is COc1ccc(C(CN)NN2CCCCC2)cc1. The topological polar surface area (TPSA) is 50.5 Å². The first-order chi connectivity index (χ1) is 8.83. The van der Waals surface area contributed by atoms with Crippen molar-refractivity contribution in [2.45, 2.75) is 25.3 Å². The third-order valence-electron chi connectivity index (χ3n) is 3.45. The molecule has 0 aliphatic carbocycles. The molecule has 0 bridgehead atoms. The molecule has 2 rings (SSSR count). The van der Waals surface area contributed by atoms with E-state index in [1.807, 2.05) is 12.1 Å². The fourth-order valence-electron chi connectivity index (χ4n) is 2.34. The molecule has 4 heteroatoms. The number of nitrogens with one attached hydrogen (secondary N) is 1. The summed E-state index contributed by atoms with van der Waals surface area (Å²) in [5, 5.41) is 2.30. The van der Waals surface area contributed by atoms with Crippen molar-refractivity contribution in [1.29, 1.82) is 0 Å². The van der Waals surface area contributed by atoms with E-state index >= 15 is 0 Å². The van der Waals surface area contributed by atoms with Crippen LogP contribution in [0.1, 0.15) is 30.9 Å². The molecule has 1 aliphatic heterocycles. The number of methoxy groups -OCH3 is 1. The van der Waals surface area contributed by atoms with Crippen LogP contribution in [0.4, 0.5) is 0 Å². The number of benzene rings is 1. The first-order valence-corrected chi connectivity index (χ1v) is 6.68. The quantitative estimate of drug-likeness (QED) is 0.833. The Balaban J connectivity index is 1.97. The zero-order valence-electron chi connectivity index (χ0n) is 11.1.